The van der Waals surface area contributed by atoms with Crippen LogP contribution in [0.1, 0.15) is 47.9 Å². The number of amides is 4. The van der Waals surface area contributed by atoms with Gasteiger partial charge in [-0.05, 0) is 91.6 Å². The van der Waals surface area contributed by atoms with E-state index >= 15 is 0 Å². The van der Waals surface area contributed by atoms with Gasteiger partial charge in [-0.1, -0.05) is 55.6 Å². The van der Waals surface area contributed by atoms with E-state index < -0.39 is 47.8 Å². The van der Waals surface area contributed by atoms with Crippen molar-refractivity contribution >= 4 is 41.2 Å². The van der Waals surface area contributed by atoms with Gasteiger partial charge in [0, 0.05) is 6.54 Å². The van der Waals surface area contributed by atoms with Gasteiger partial charge in [-0.3, -0.25) is 24.2 Å². The van der Waals surface area contributed by atoms with Crippen LogP contribution in [0, 0.1) is 13.8 Å². The maximum atomic E-state index is 13.8. The Bertz CT molecular complexity index is 1550. The van der Waals surface area contributed by atoms with Crippen molar-refractivity contribution in [2.75, 3.05) is 13.1 Å². The van der Waals surface area contributed by atoms with E-state index in [1.165, 1.54) is 6.08 Å². The number of phenols is 1. The molecule has 0 unspecified atom stereocenters. The minimum Gasteiger partial charge on any atom is -0.508 e. The maximum Gasteiger partial charge on any atom is 0.247 e. The average molecular weight is 676 g/mol. The fraction of sp³-hybridized carbons (Fsp3) is 0.343. The lowest BCUT2D eigenvalue weighted by atomic mass is 9.98. The first-order valence-electron chi connectivity index (χ1n) is 15.8. The van der Waals surface area contributed by atoms with E-state index in [0.29, 0.717) is 36.1 Å². The van der Waals surface area contributed by atoms with E-state index in [4.69, 9.17) is 28.7 Å². The molecule has 4 atom stereocenters. The van der Waals surface area contributed by atoms with Crippen LogP contribution in [0.5, 0.6) is 5.75 Å². The number of aromatic hydroxyl groups is 1. The van der Waals surface area contributed by atoms with Gasteiger partial charge in [0.15, 0.2) is 5.96 Å². The second kappa shape index (κ2) is 19.4. The third-order valence-electron chi connectivity index (χ3n) is 7.71. The van der Waals surface area contributed by atoms with Gasteiger partial charge in [-0.15, -0.1) is 0 Å². The fourth-order valence-corrected chi connectivity index (χ4v) is 4.94. The number of hydrogen-bond donors (Lipinski definition) is 9. The van der Waals surface area contributed by atoms with Gasteiger partial charge in [0.1, 0.15) is 29.9 Å². The van der Waals surface area contributed by atoms with Crippen LogP contribution in [0.2, 0.25) is 0 Å². The van der Waals surface area contributed by atoms with Gasteiger partial charge >= 0.3 is 0 Å². The minimum absolute atomic E-state index is 0.0792. The zero-order chi connectivity index (χ0) is 36.7. The van der Waals surface area contributed by atoms with Crippen LogP contribution in [0.15, 0.2) is 72.3 Å². The summed E-state index contributed by atoms with van der Waals surface area (Å²) in [5.74, 6) is -3.01. The van der Waals surface area contributed by atoms with Gasteiger partial charge < -0.3 is 49.7 Å². The lowest BCUT2D eigenvalue weighted by Gasteiger charge is -2.25. The predicted molar refractivity (Wildman–Crippen MR) is 192 cm³/mol. The Kier molecular flexibility index (Phi) is 15.7. The molecule has 49 heavy (non-hydrogen) atoms. The number of aliphatic imine (C=N–C) groups is 1. The monoisotopic (exact) mass is 675 g/mol. The highest BCUT2D eigenvalue weighted by Crippen LogP contribution is 2.22. The van der Waals surface area contributed by atoms with Crippen molar-refractivity contribution in [3.63, 3.8) is 0 Å². The molecule has 0 saturated carbocycles. The Hall–Kier alpha value is -5.47. The van der Waals surface area contributed by atoms with E-state index in [0.717, 1.165) is 11.1 Å². The van der Waals surface area contributed by atoms with Gasteiger partial charge in [0.05, 0.1) is 0 Å². The summed E-state index contributed by atoms with van der Waals surface area (Å²) in [5, 5.41) is 17.9. The highest BCUT2D eigenvalue weighted by molar-refractivity contribution is 6.00. The average Bonchev–Trinajstić information content (AvgIpc) is 3.04. The van der Waals surface area contributed by atoms with Crippen LogP contribution in [0.25, 0.3) is 11.6 Å². The third-order valence-corrected chi connectivity index (χ3v) is 7.71. The van der Waals surface area contributed by atoms with Crippen LogP contribution in [0.4, 0.5) is 0 Å². The van der Waals surface area contributed by atoms with E-state index in [2.05, 4.69) is 34.1 Å². The lowest BCUT2D eigenvalue weighted by molar-refractivity contribution is -0.132. The topological polar surface area (TPSA) is 267 Å². The number of unbranched alkanes of at least 4 members (excludes halogenated alkanes) is 1. The van der Waals surface area contributed by atoms with Crippen molar-refractivity contribution in [2.24, 2.45) is 33.7 Å². The number of primary amides is 1. The number of nitrogens with two attached hydrogens (primary N) is 5. The third kappa shape index (κ3) is 12.6. The number of carbonyl (C=O) groups excluding carboxylic acids is 4. The highest BCUT2D eigenvalue weighted by Gasteiger charge is 2.30. The summed E-state index contributed by atoms with van der Waals surface area (Å²) in [7, 11) is 0. The molecule has 0 heterocycles. The molecule has 264 valence electrons. The van der Waals surface area contributed by atoms with E-state index in [-0.39, 0.29) is 36.7 Å². The number of nitrogens with one attached hydrogen (secondary N) is 3. The number of carbonyl (C=O) groups is 4. The molecule has 0 spiro atoms. The molecular formula is C35H49N9O5. The van der Waals surface area contributed by atoms with Gasteiger partial charge in [0.2, 0.25) is 23.6 Å². The number of guanidine groups is 1. The predicted octanol–water partition coefficient (Wildman–Crippen LogP) is 0.351. The van der Waals surface area contributed by atoms with Crippen molar-refractivity contribution in [3.8, 4) is 5.75 Å². The summed E-state index contributed by atoms with van der Waals surface area (Å²) >= 11 is 0. The van der Waals surface area contributed by atoms with Crippen molar-refractivity contribution in [2.45, 2.75) is 63.7 Å². The van der Waals surface area contributed by atoms with E-state index in [1.54, 1.807) is 62.4 Å². The molecule has 0 fully saturated rings. The highest BCUT2D eigenvalue weighted by atomic mass is 16.3. The molecule has 2 rings (SSSR count). The molecular weight excluding hydrogens is 626 g/mol. The molecule has 0 bridgehead atoms. The molecule has 2 aromatic carbocycles. The SMILES string of the molecule is C=C(CCN=C(N)N)[C@@H](N)C(=O)N[C@@H](/C=C/c1c(C)cc(O)cc1C)C(=O)N[C@@H](CCCCN)C(=O)N[C@@H](C(=C)c1ccccc1)C(N)=O. The summed E-state index contributed by atoms with van der Waals surface area (Å²) in [6.45, 7) is 11.9. The molecule has 0 aliphatic rings. The number of rotatable bonds is 19. The molecule has 0 aromatic heterocycles. The first-order valence-corrected chi connectivity index (χ1v) is 15.8. The summed E-state index contributed by atoms with van der Waals surface area (Å²) in [5.41, 5.74) is 31.6. The number of hydrogen-bond acceptors (Lipinski definition) is 8. The van der Waals surface area contributed by atoms with Gasteiger partial charge in [0.25, 0.3) is 0 Å². The van der Waals surface area contributed by atoms with Crippen LogP contribution in [-0.2, 0) is 19.2 Å². The normalized spacial score (nSPS) is 13.4. The molecule has 4 amide bonds. The molecule has 0 aliphatic heterocycles. The van der Waals surface area contributed by atoms with Crippen LogP contribution in [-0.4, -0.2) is 72.0 Å². The molecule has 14 heteroatoms. The van der Waals surface area contributed by atoms with Crippen LogP contribution < -0.4 is 44.6 Å². The maximum absolute atomic E-state index is 13.8. The summed E-state index contributed by atoms with van der Waals surface area (Å²) < 4.78 is 0. The van der Waals surface area contributed by atoms with Gasteiger partial charge in [-0.25, -0.2) is 0 Å². The number of phenolic OH excluding ortho intramolecular Hbond substituents is 1. The van der Waals surface area contributed by atoms with Crippen molar-refractivity contribution in [3.05, 3.63) is 89.5 Å². The van der Waals surface area contributed by atoms with Crippen LogP contribution >= 0.6 is 0 Å². The zero-order valence-corrected chi connectivity index (χ0v) is 28.1. The molecule has 0 aliphatic carbocycles. The summed E-state index contributed by atoms with van der Waals surface area (Å²) in [6, 6.07) is 6.95. The quantitative estimate of drug-likeness (QED) is 0.0430. The first kappa shape index (κ1) is 39.7. The molecule has 14 N–H and O–H groups in total. The Labute approximate surface area is 286 Å². The van der Waals surface area contributed by atoms with E-state index in [9.17, 15) is 24.3 Å². The number of nitrogens with zero attached hydrogens (tertiary/aromatic N) is 1. The first-order chi connectivity index (χ1) is 23.2. The Morgan fingerprint density at radius 1 is 0.918 bits per heavy atom. The minimum atomic E-state index is -1.31. The summed E-state index contributed by atoms with van der Waals surface area (Å²) in [6.07, 6.45) is 4.49. The number of benzene rings is 2. The van der Waals surface area contributed by atoms with Crippen LogP contribution in [0.3, 0.4) is 0 Å². The van der Waals surface area contributed by atoms with Crippen molar-refractivity contribution in [1.82, 2.24) is 16.0 Å². The molecule has 2 aromatic rings. The molecule has 14 nitrogen and oxygen atoms in total. The second-order valence-electron chi connectivity index (χ2n) is 11.6. The fourth-order valence-electron chi connectivity index (χ4n) is 4.94. The van der Waals surface area contributed by atoms with E-state index in [1.807, 2.05) is 0 Å². The Morgan fingerprint density at radius 2 is 1.55 bits per heavy atom. The molecule has 0 saturated heterocycles. The van der Waals surface area contributed by atoms with Crippen molar-refractivity contribution < 1.29 is 24.3 Å². The number of aryl methyl sites for hydroxylation is 2. The Morgan fingerprint density at radius 3 is 2.12 bits per heavy atom. The zero-order valence-electron chi connectivity index (χ0n) is 28.1. The second-order valence-corrected chi connectivity index (χ2v) is 11.6. The Balaban J connectivity index is 2.40. The smallest absolute Gasteiger partial charge is 0.247 e. The van der Waals surface area contributed by atoms with Gasteiger partial charge in [-0.2, -0.15) is 0 Å². The van der Waals surface area contributed by atoms with Crippen molar-refractivity contribution in [1.29, 1.82) is 0 Å². The standard InChI is InChI=1S/C35H49N9O5/c1-20(15-17-41-35(39)40)29(37)34(49)43-28(14-13-26-21(2)18-25(45)19-22(26)3)32(47)42-27(12-8-9-16-36)33(48)44-30(31(38)46)23(4)24-10-6-5-7-11-24/h5-7,10-11,13-14,18-19,27-30,45H,1,4,8-9,12,15-17,36-37H2,2-3H3,(H2,38,46)(H,42,47)(H,43,49)(H,44,48)(H4,39,40,41)/b14-13+/t27-,28-,29+,30-/m0/s1. The largest absolute Gasteiger partial charge is 0.508 e. The molecule has 0 radical (unpaired) electrons. The lowest BCUT2D eigenvalue weighted by Crippen LogP contribution is -2.57. The summed E-state index contributed by atoms with van der Waals surface area (Å²) in [4.78, 5) is 57.0.